The standard InChI is InChI=1S/C14H15ClN2OS/c1-9-4-5-10(2)11(6-9)8-19-12-7-16-17(3)14(18)13(12)15/h4-7H,8H2,1-3H3. The lowest BCUT2D eigenvalue weighted by Crippen LogP contribution is -2.19. The van der Waals surface area contributed by atoms with E-state index < -0.39 is 0 Å². The fraction of sp³-hybridized carbons (Fsp3) is 0.286. The summed E-state index contributed by atoms with van der Waals surface area (Å²) in [6, 6.07) is 6.36. The van der Waals surface area contributed by atoms with Crippen LogP contribution in [0.25, 0.3) is 0 Å². The third-order valence-electron chi connectivity index (χ3n) is 2.93. The lowest BCUT2D eigenvalue weighted by atomic mass is 10.1. The number of thioether (sulfide) groups is 1. The van der Waals surface area contributed by atoms with Crippen LogP contribution in [0.4, 0.5) is 0 Å². The van der Waals surface area contributed by atoms with Crippen molar-refractivity contribution in [2.45, 2.75) is 24.5 Å². The zero-order chi connectivity index (χ0) is 14.0. The number of hydrogen-bond acceptors (Lipinski definition) is 3. The molecule has 0 saturated heterocycles. The van der Waals surface area contributed by atoms with E-state index in [2.05, 4.69) is 37.1 Å². The molecule has 19 heavy (non-hydrogen) atoms. The van der Waals surface area contributed by atoms with Gasteiger partial charge in [-0.1, -0.05) is 35.4 Å². The van der Waals surface area contributed by atoms with Crippen molar-refractivity contribution in [3.63, 3.8) is 0 Å². The number of nitrogens with zero attached hydrogens (tertiary/aromatic N) is 2. The number of benzene rings is 1. The van der Waals surface area contributed by atoms with Crippen LogP contribution >= 0.6 is 23.4 Å². The summed E-state index contributed by atoms with van der Waals surface area (Å²) in [4.78, 5) is 12.4. The van der Waals surface area contributed by atoms with E-state index >= 15 is 0 Å². The molecule has 0 spiro atoms. The van der Waals surface area contributed by atoms with Gasteiger partial charge in [0.1, 0.15) is 5.02 Å². The Hall–Kier alpha value is -1.26. The predicted octanol–water partition coefficient (Wildman–Crippen LogP) is 3.34. The monoisotopic (exact) mass is 294 g/mol. The highest BCUT2D eigenvalue weighted by molar-refractivity contribution is 7.98. The first-order chi connectivity index (χ1) is 8.99. The normalized spacial score (nSPS) is 10.7. The van der Waals surface area contributed by atoms with Crippen molar-refractivity contribution in [3.05, 3.63) is 56.5 Å². The molecule has 0 fully saturated rings. The topological polar surface area (TPSA) is 34.9 Å². The van der Waals surface area contributed by atoms with E-state index in [1.807, 2.05) is 0 Å². The Morgan fingerprint density at radius 2 is 2.11 bits per heavy atom. The Bertz CT molecular complexity index is 667. The van der Waals surface area contributed by atoms with Crippen LogP contribution in [0.2, 0.25) is 5.02 Å². The van der Waals surface area contributed by atoms with Gasteiger partial charge in [-0.25, -0.2) is 4.68 Å². The van der Waals surface area contributed by atoms with Crippen molar-refractivity contribution in [3.8, 4) is 0 Å². The van der Waals surface area contributed by atoms with Crippen molar-refractivity contribution < 1.29 is 0 Å². The zero-order valence-electron chi connectivity index (χ0n) is 11.1. The highest BCUT2D eigenvalue weighted by atomic mass is 35.5. The van der Waals surface area contributed by atoms with Gasteiger partial charge >= 0.3 is 0 Å². The van der Waals surface area contributed by atoms with Crippen LogP contribution < -0.4 is 5.56 Å². The number of aryl methyl sites for hydroxylation is 3. The molecule has 2 rings (SSSR count). The van der Waals surface area contributed by atoms with Gasteiger partial charge in [-0.3, -0.25) is 4.79 Å². The lowest BCUT2D eigenvalue weighted by Gasteiger charge is -2.08. The van der Waals surface area contributed by atoms with E-state index in [1.54, 1.807) is 13.2 Å². The Kier molecular flexibility index (Phi) is 4.32. The van der Waals surface area contributed by atoms with Crippen LogP contribution in [0.15, 0.2) is 34.1 Å². The largest absolute Gasteiger partial charge is 0.286 e. The summed E-state index contributed by atoms with van der Waals surface area (Å²) in [5.41, 5.74) is 3.47. The fourth-order valence-corrected chi connectivity index (χ4v) is 3.00. The smallest absolute Gasteiger partial charge is 0.266 e. The van der Waals surface area contributed by atoms with Crippen LogP contribution in [0.3, 0.4) is 0 Å². The van der Waals surface area contributed by atoms with E-state index in [0.29, 0.717) is 0 Å². The second kappa shape index (κ2) is 5.80. The molecule has 100 valence electrons. The van der Waals surface area contributed by atoms with Crippen molar-refractivity contribution in [1.29, 1.82) is 0 Å². The van der Waals surface area contributed by atoms with E-state index in [0.717, 1.165) is 10.6 Å². The number of hydrogen-bond donors (Lipinski definition) is 0. The molecule has 1 aromatic heterocycles. The molecule has 0 radical (unpaired) electrons. The molecule has 2 aromatic rings. The Morgan fingerprint density at radius 3 is 2.84 bits per heavy atom. The van der Waals surface area contributed by atoms with Gasteiger partial charge in [-0.15, -0.1) is 11.8 Å². The molecule has 0 saturated carbocycles. The van der Waals surface area contributed by atoms with Crippen molar-refractivity contribution in [1.82, 2.24) is 9.78 Å². The molecule has 3 nitrogen and oxygen atoms in total. The number of rotatable bonds is 3. The van der Waals surface area contributed by atoms with Gasteiger partial charge in [0.05, 0.1) is 11.1 Å². The van der Waals surface area contributed by atoms with Crippen LogP contribution in [-0.2, 0) is 12.8 Å². The Balaban J connectivity index is 2.22. The molecule has 0 unspecified atom stereocenters. The van der Waals surface area contributed by atoms with E-state index in [9.17, 15) is 4.79 Å². The van der Waals surface area contributed by atoms with E-state index in [-0.39, 0.29) is 10.6 Å². The highest BCUT2D eigenvalue weighted by Crippen LogP contribution is 2.28. The molecule has 0 aliphatic carbocycles. The van der Waals surface area contributed by atoms with Gasteiger partial charge in [0.15, 0.2) is 0 Å². The first kappa shape index (κ1) is 14.2. The van der Waals surface area contributed by atoms with Crippen LogP contribution in [0, 0.1) is 13.8 Å². The van der Waals surface area contributed by atoms with Crippen molar-refractivity contribution in [2.24, 2.45) is 7.05 Å². The summed E-state index contributed by atoms with van der Waals surface area (Å²) >= 11 is 7.58. The molecule has 1 heterocycles. The minimum absolute atomic E-state index is 0.243. The second-order valence-corrected chi connectivity index (χ2v) is 5.87. The van der Waals surface area contributed by atoms with Gasteiger partial charge < -0.3 is 0 Å². The summed E-state index contributed by atoms with van der Waals surface area (Å²) in [7, 11) is 1.59. The summed E-state index contributed by atoms with van der Waals surface area (Å²) in [5.74, 6) is 0.780. The number of aromatic nitrogens is 2. The maximum absolute atomic E-state index is 11.7. The third kappa shape index (κ3) is 3.19. The molecule has 5 heteroatoms. The molecule has 0 bridgehead atoms. The molecule has 0 N–H and O–H groups in total. The molecule has 0 aliphatic heterocycles. The van der Waals surface area contributed by atoms with Gasteiger partial charge in [0.2, 0.25) is 0 Å². The molecule has 0 amide bonds. The molecule has 1 aromatic carbocycles. The minimum atomic E-state index is -0.257. The van der Waals surface area contributed by atoms with Crippen LogP contribution in [0.5, 0.6) is 0 Å². The third-order valence-corrected chi connectivity index (χ3v) is 4.49. The maximum Gasteiger partial charge on any atom is 0.286 e. The maximum atomic E-state index is 11.7. The average molecular weight is 295 g/mol. The minimum Gasteiger partial charge on any atom is -0.266 e. The van der Waals surface area contributed by atoms with Gasteiger partial charge in [-0.2, -0.15) is 5.10 Å². The average Bonchev–Trinajstić information content (AvgIpc) is 2.39. The SMILES string of the molecule is Cc1ccc(C)c(CSc2cnn(C)c(=O)c2Cl)c1. The molecule has 0 atom stereocenters. The van der Waals surface area contributed by atoms with Crippen molar-refractivity contribution >= 4 is 23.4 Å². The van der Waals surface area contributed by atoms with E-state index in [1.165, 1.54) is 33.1 Å². The van der Waals surface area contributed by atoms with Crippen LogP contribution in [-0.4, -0.2) is 9.78 Å². The fourth-order valence-electron chi connectivity index (χ4n) is 1.71. The molecule has 0 aliphatic rings. The quantitative estimate of drug-likeness (QED) is 0.814. The predicted molar refractivity (Wildman–Crippen MR) is 80.0 cm³/mol. The Morgan fingerprint density at radius 1 is 1.37 bits per heavy atom. The first-order valence-electron chi connectivity index (χ1n) is 5.90. The van der Waals surface area contributed by atoms with Crippen molar-refractivity contribution in [2.75, 3.05) is 0 Å². The summed E-state index contributed by atoms with van der Waals surface area (Å²) in [6.07, 6.45) is 1.64. The molecular weight excluding hydrogens is 280 g/mol. The lowest BCUT2D eigenvalue weighted by molar-refractivity contribution is 0.696. The highest BCUT2D eigenvalue weighted by Gasteiger charge is 2.09. The van der Waals surface area contributed by atoms with Gasteiger partial charge in [0, 0.05) is 12.8 Å². The first-order valence-corrected chi connectivity index (χ1v) is 7.26. The number of halogens is 1. The summed E-state index contributed by atoms with van der Waals surface area (Å²) < 4.78 is 1.24. The van der Waals surface area contributed by atoms with E-state index in [4.69, 9.17) is 11.6 Å². The Labute approximate surface area is 121 Å². The summed E-state index contributed by atoms with van der Waals surface area (Å²) in [5, 5.41) is 4.23. The molecular formula is C14H15ClN2OS. The second-order valence-electron chi connectivity index (χ2n) is 4.47. The van der Waals surface area contributed by atoms with Gasteiger partial charge in [0.25, 0.3) is 5.56 Å². The van der Waals surface area contributed by atoms with Crippen LogP contribution in [0.1, 0.15) is 16.7 Å². The summed E-state index contributed by atoms with van der Waals surface area (Å²) in [6.45, 7) is 4.15. The van der Waals surface area contributed by atoms with Gasteiger partial charge in [-0.05, 0) is 25.0 Å². The zero-order valence-corrected chi connectivity index (χ0v) is 12.7.